The number of halogens is 3. The number of allylic oxidation sites excluding steroid dienone is 4. The number of hydrogen-bond donors (Lipinski definition) is 0. The SMILES string of the molecule is COC(=O)[C@]12CCC(C)(C)CC1C1C(=O)C=C3[C@@]4(C)C=C(C(F)(F)F)C(=O)C(C)(C)C4CC[C@@]3(C)[C@]1(C)CC2. The topological polar surface area (TPSA) is 60.4 Å². The number of esters is 1. The van der Waals surface area contributed by atoms with Gasteiger partial charge in [0.1, 0.15) is 0 Å². The highest BCUT2D eigenvalue weighted by atomic mass is 19.4. The van der Waals surface area contributed by atoms with Gasteiger partial charge in [0.25, 0.3) is 0 Å². The number of carbonyl (C=O) groups excluding carboxylic acids is 3. The molecule has 3 fully saturated rings. The molecule has 3 unspecified atom stereocenters. The molecule has 0 aliphatic heterocycles. The van der Waals surface area contributed by atoms with Crippen molar-refractivity contribution >= 4 is 17.5 Å². The Morgan fingerprint density at radius 1 is 0.949 bits per heavy atom. The van der Waals surface area contributed by atoms with Crippen LogP contribution in [0.25, 0.3) is 0 Å². The summed E-state index contributed by atoms with van der Waals surface area (Å²) in [5.41, 5.74) is -4.49. The van der Waals surface area contributed by atoms with Gasteiger partial charge in [-0.15, -0.1) is 0 Å². The van der Waals surface area contributed by atoms with Crippen LogP contribution in [0, 0.1) is 50.2 Å². The molecule has 7 heteroatoms. The van der Waals surface area contributed by atoms with Crippen molar-refractivity contribution in [3.63, 3.8) is 0 Å². The minimum Gasteiger partial charge on any atom is -0.469 e. The van der Waals surface area contributed by atoms with Crippen LogP contribution in [0.1, 0.15) is 93.4 Å². The average Bonchev–Trinajstić information content (AvgIpc) is 2.81. The largest absolute Gasteiger partial charge is 0.469 e. The average molecular weight is 549 g/mol. The molecular weight excluding hydrogens is 505 g/mol. The Labute approximate surface area is 230 Å². The normalized spacial score (nSPS) is 44.6. The maximum Gasteiger partial charge on any atom is 0.419 e. The summed E-state index contributed by atoms with van der Waals surface area (Å²) in [5, 5.41) is 0. The molecule has 5 aliphatic carbocycles. The summed E-state index contributed by atoms with van der Waals surface area (Å²) >= 11 is 0. The number of hydrogen-bond acceptors (Lipinski definition) is 4. The Kier molecular flexibility index (Phi) is 5.93. The molecule has 0 aromatic carbocycles. The van der Waals surface area contributed by atoms with Crippen LogP contribution < -0.4 is 0 Å². The molecule has 5 aliphatic rings. The van der Waals surface area contributed by atoms with E-state index in [1.807, 2.05) is 6.92 Å². The lowest BCUT2D eigenvalue weighted by Crippen LogP contribution is -2.66. The first-order chi connectivity index (χ1) is 17.7. The summed E-state index contributed by atoms with van der Waals surface area (Å²) < 4.78 is 47.9. The number of alkyl halides is 3. The third kappa shape index (κ3) is 3.52. The monoisotopic (exact) mass is 548 g/mol. The Balaban J connectivity index is 1.71. The van der Waals surface area contributed by atoms with Crippen molar-refractivity contribution in [2.45, 2.75) is 99.6 Å². The minimum absolute atomic E-state index is 0.0344. The minimum atomic E-state index is -4.76. The van der Waals surface area contributed by atoms with E-state index in [2.05, 4.69) is 27.7 Å². The molecule has 39 heavy (non-hydrogen) atoms. The molecule has 216 valence electrons. The van der Waals surface area contributed by atoms with Crippen LogP contribution >= 0.6 is 0 Å². The molecule has 4 nitrogen and oxygen atoms in total. The van der Waals surface area contributed by atoms with E-state index in [4.69, 9.17) is 4.74 Å². The molecule has 0 aromatic rings. The fraction of sp³-hybridized carbons (Fsp3) is 0.781. The van der Waals surface area contributed by atoms with Crippen molar-refractivity contribution in [2.75, 3.05) is 7.11 Å². The number of methoxy groups -OCH3 is 1. The first kappa shape index (κ1) is 28.6. The second-order valence-corrected chi connectivity index (χ2v) is 15.3. The Morgan fingerprint density at radius 2 is 1.56 bits per heavy atom. The van der Waals surface area contributed by atoms with E-state index >= 15 is 0 Å². The van der Waals surface area contributed by atoms with Crippen LogP contribution in [0.4, 0.5) is 13.2 Å². The van der Waals surface area contributed by atoms with Gasteiger partial charge in [0, 0.05) is 16.7 Å². The van der Waals surface area contributed by atoms with Gasteiger partial charge in [0.2, 0.25) is 0 Å². The van der Waals surface area contributed by atoms with E-state index in [0.29, 0.717) is 32.1 Å². The highest BCUT2D eigenvalue weighted by Gasteiger charge is 2.71. The van der Waals surface area contributed by atoms with E-state index in [1.54, 1.807) is 19.9 Å². The Morgan fingerprint density at radius 3 is 2.15 bits per heavy atom. The van der Waals surface area contributed by atoms with Gasteiger partial charge in [-0.3, -0.25) is 14.4 Å². The molecule has 0 bridgehead atoms. The van der Waals surface area contributed by atoms with Crippen LogP contribution in [0.5, 0.6) is 0 Å². The van der Waals surface area contributed by atoms with E-state index in [-0.39, 0.29) is 29.0 Å². The molecule has 0 spiro atoms. The molecule has 0 saturated heterocycles. The number of ether oxygens (including phenoxy) is 1. The summed E-state index contributed by atoms with van der Waals surface area (Å²) in [7, 11) is 1.42. The van der Waals surface area contributed by atoms with Gasteiger partial charge in [-0.2, -0.15) is 13.2 Å². The van der Waals surface area contributed by atoms with Crippen LogP contribution in [-0.4, -0.2) is 30.8 Å². The molecule has 0 N–H and O–H groups in total. The molecule has 0 amide bonds. The predicted octanol–water partition coefficient (Wildman–Crippen LogP) is 7.42. The van der Waals surface area contributed by atoms with Gasteiger partial charge in [0.15, 0.2) is 11.6 Å². The van der Waals surface area contributed by atoms with Crippen LogP contribution in [0.15, 0.2) is 23.3 Å². The van der Waals surface area contributed by atoms with Crippen molar-refractivity contribution in [3.05, 3.63) is 23.3 Å². The van der Waals surface area contributed by atoms with E-state index < -0.39 is 50.5 Å². The lowest BCUT2D eigenvalue weighted by molar-refractivity contribution is -0.191. The zero-order chi connectivity index (χ0) is 29.2. The summed E-state index contributed by atoms with van der Waals surface area (Å²) in [6, 6.07) is 0. The highest BCUT2D eigenvalue weighted by Crippen LogP contribution is 2.74. The van der Waals surface area contributed by atoms with Crippen molar-refractivity contribution in [3.8, 4) is 0 Å². The van der Waals surface area contributed by atoms with Gasteiger partial charge in [0.05, 0.1) is 18.1 Å². The molecule has 5 rings (SSSR count). The first-order valence-electron chi connectivity index (χ1n) is 14.4. The third-order valence-electron chi connectivity index (χ3n) is 12.6. The van der Waals surface area contributed by atoms with Gasteiger partial charge in [-0.05, 0) is 79.1 Å². The maximum absolute atomic E-state index is 14.3. The van der Waals surface area contributed by atoms with Gasteiger partial charge in [-0.25, -0.2) is 0 Å². The first-order valence-corrected chi connectivity index (χ1v) is 14.4. The number of Topliss-reactive ketones (excluding diaryl/α,β-unsaturated/α-hetero) is 1. The summed E-state index contributed by atoms with van der Waals surface area (Å²) in [6.07, 6.45) is 2.83. The summed E-state index contributed by atoms with van der Waals surface area (Å²) in [6.45, 7) is 13.7. The van der Waals surface area contributed by atoms with Crippen molar-refractivity contribution in [1.82, 2.24) is 0 Å². The van der Waals surface area contributed by atoms with E-state index in [9.17, 15) is 27.6 Å². The molecule has 0 aromatic heterocycles. The molecule has 7 atom stereocenters. The fourth-order valence-electron chi connectivity index (χ4n) is 10.3. The second kappa shape index (κ2) is 8.09. The van der Waals surface area contributed by atoms with E-state index in [0.717, 1.165) is 24.5 Å². The Hall–Kier alpha value is -1.92. The molecular formula is C32H43F3O4. The fourth-order valence-corrected chi connectivity index (χ4v) is 10.3. The smallest absolute Gasteiger partial charge is 0.419 e. The summed E-state index contributed by atoms with van der Waals surface area (Å²) in [4.78, 5) is 40.8. The maximum atomic E-state index is 14.3. The second-order valence-electron chi connectivity index (χ2n) is 15.3. The number of ketones is 2. The number of carbonyl (C=O) groups is 3. The standard InChI is InChI=1S/C32H43F3O4/c1-26(2)11-13-31(25(38)39-8)14-12-30(7)23(18(31)16-26)20(36)15-22-28(5)17-19(32(33,34)35)24(37)27(3,4)21(28)9-10-29(22,30)6/h15,17-18,21,23H,9-14,16H2,1-8H3/t18?,21?,23?,28-,29+,30+,31-/m0/s1. The highest BCUT2D eigenvalue weighted by molar-refractivity contribution is 6.03. The van der Waals surface area contributed by atoms with Crippen molar-refractivity contribution in [1.29, 1.82) is 0 Å². The molecule has 3 saturated carbocycles. The van der Waals surface area contributed by atoms with Crippen LogP contribution in [0.2, 0.25) is 0 Å². The quantitative estimate of drug-likeness (QED) is 0.320. The van der Waals surface area contributed by atoms with Crippen LogP contribution in [-0.2, 0) is 19.1 Å². The molecule has 0 radical (unpaired) electrons. The predicted molar refractivity (Wildman–Crippen MR) is 141 cm³/mol. The number of fused-ring (bicyclic) bond motifs is 7. The van der Waals surface area contributed by atoms with Crippen molar-refractivity contribution in [2.24, 2.45) is 50.2 Å². The van der Waals surface area contributed by atoms with Gasteiger partial charge >= 0.3 is 12.1 Å². The zero-order valence-electron chi connectivity index (χ0n) is 24.6. The molecule has 0 heterocycles. The lowest BCUT2D eigenvalue weighted by Gasteiger charge is -2.68. The Bertz CT molecular complexity index is 1210. The van der Waals surface area contributed by atoms with E-state index in [1.165, 1.54) is 7.11 Å². The van der Waals surface area contributed by atoms with Crippen LogP contribution in [0.3, 0.4) is 0 Å². The third-order valence-corrected chi connectivity index (χ3v) is 12.6. The van der Waals surface area contributed by atoms with Gasteiger partial charge < -0.3 is 4.74 Å². The van der Waals surface area contributed by atoms with Gasteiger partial charge in [-0.1, -0.05) is 60.1 Å². The van der Waals surface area contributed by atoms with Crippen molar-refractivity contribution < 1.29 is 32.3 Å². The lowest BCUT2D eigenvalue weighted by atomic mass is 9.34. The summed E-state index contributed by atoms with van der Waals surface area (Å²) in [5.74, 6) is -2.13. The number of rotatable bonds is 1. The zero-order valence-corrected chi connectivity index (χ0v) is 24.6.